The first-order valence-electron chi connectivity index (χ1n) is 4.87. The number of rotatable bonds is 2. The Morgan fingerprint density at radius 3 is 2.31 bits per heavy atom. The summed E-state index contributed by atoms with van der Waals surface area (Å²) in [4.78, 5) is 11.3. The molecular weight excluding hydrogens is 164 g/mol. The lowest BCUT2D eigenvalue weighted by atomic mass is 10.1. The van der Waals surface area contributed by atoms with Gasteiger partial charge in [-0.25, -0.2) is 4.79 Å². The molecular formula is C10H20N2O. The first kappa shape index (κ1) is 10.4. The highest BCUT2D eigenvalue weighted by Crippen LogP contribution is 2.43. The molecule has 0 spiro atoms. The largest absolute Gasteiger partial charge is 0.338 e. The molecule has 3 heteroatoms. The van der Waals surface area contributed by atoms with Crippen LogP contribution in [-0.4, -0.2) is 18.1 Å². The van der Waals surface area contributed by atoms with Gasteiger partial charge in [0.25, 0.3) is 0 Å². The normalized spacial score (nSPS) is 19.4. The molecule has 0 heterocycles. The van der Waals surface area contributed by atoms with Crippen LogP contribution in [0.3, 0.4) is 0 Å². The fourth-order valence-corrected chi connectivity index (χ4v) is 1.07. The van der Waals surface area contributed by atoms with Crippen molar-refractivity contribution < 1.29 is 4.79 Å². The van der Waals surface area contributed by atoms with Gasteiger partial charge in [0, 0.05) is 12.1 Å². The lowest BCUT2D eigenvalue weighted by molar-refractivity contribution is 0.230. The van der Waals surface area contributed by atoms with Crippen molar-refractivity contribution in [1.82, 2.24) is 10.6 Å². The monoisotopic (exact) mass is 184 g/mol. The Hall–Kier alpha value is -0.730. The highest BCUT2D eigenvalue weighted by molar-refractivity contribution is 5.74. The third-order valence-corrected chi connectivity index (χ3v) is 2.27. The Morgan fingerprint density at radius 1 is 1.38 bits per heavy atom. The molecule has 0 aromatic rings. The molecule has 1 rings (SSSR count). The first-order valence-corrected chi connectivity index (χ1v) is 4.87. The van der Waals surface area contributed by atoms with Crippen molar-refractivity contribution in [1.29, 1.82) is 0 Å². The van der Waals surface area contributed by atoms with Gasteiger partial charge in [-0.05, 0) is 39.0 Å². The van der Waals surface area contributed by atoms with Crippen molar-refractivity contribution in [3.05, 3.63) is 0 Å². The number of carbonyl (C=O) groups is 1. The highest BCUT2D eigenvalue weighted by Gasteiger charge is 2.37. The summed E-state index contributed by atoms with van der Waals surface area (Å²) in [6.45, 7) is 8.93. The van der Waals surface area contributed by atoms with E-state index in [4.69, 9.17) is 0 Å². The van der Waals surface area contributed by atoms with Crippen LogP contribution < -0.4 is 10.6 Å². The molecule has 1 saturated carbocycles. The molecule has 0 bridgehead atoms. The SMILES string of the molecule is CC1(CNC(=O)NC(C)(C)C)CC1. The van der Waals surface area contributed by atoms with Crippen LogP contribution in [0.2, 0.25) is 0 Å². The van der Waals surface area contributed by atoms with E-state index >= 15 is 0 Å². The summed E-state index contributed by atoms with van der Waals surface area (Å²) in [5, 5.41) is 5.76. The minimum Gasteiger partial charge on any atom is -0.338 e. The second-order valence-electron chi connectivity index (χ2n) is 5.37. The average molecular weight is 184 g/mol. The Morgan fingerprint density at radius 2 is 1.92 bits per heavy atom. The van der Waals surface area contributed by atoms with Crippen molar-refractivity contribution in [2.45, 2.75) is 46.1 Å². The maximum atomic E-state index is 11.3. The number of carbonyl (C=O) groups excluding carboxylic acids is 1. The predicted octanol–water partition coefficient (Wildman–Crippen LogP) is 1.88. The van der Waals surface area contributed by atoms with Crippen LogP contribution in [0.1, 0.15) is 40.5 Å². The second-order valence-corrected chi connectivity index (χ2v) is 5.37. The second kappa shape index (κ2) is 3.20. The zero-order chi connectivity index (χ0) is 10.1. The van der Waals surface area contributed by atoms with Crippen LogP contribution in [0.25, 0.3) is 0 Å². The van der Waals surface area contributed by atoms with E-state index in [-0.39, 0.29) is 11.6 Å². The number of nitrogens with one attached hydrogen (secondary N) is 2. The maximum Gasteiger partial charge on any atom is 0.315 e. The van der Waals surface area contributed by atoms with E-state index in [1.54, 1.807) is 0 Å². The van der Waals surface area contributed by atoms with Gasteiger partial charge in [0.2, 0.25) is 0 Å². The van der Waals surface area contributed by atoms with Gasteiger partial charge in [-0.1, -0.05) is 6.92 Å². The average Bonchev–Trinajstić information content (AvgIpc) is 2.62. The lowest BCUT2D eigenvalue weighted by Gasteiger charge is -2.21. The molecule has 3 nitrogen and oxygen atoms in total. The molecule has 1 fully saturated rings. The molecule has 13 heavy (non-hydrogen) atoms. The van der Waals surface area contributed by atoms with E-state index in [9.17, 15) is 4.79 Å². The van der Waals surface area contributed by atoms with Crippen LogP contribution in [0.4, 0.5) is 4.79 Å². The van der Waals surface area contributed by atoms with Gasteiger partial charge in [0.15, 0.2) is 0 Å². The quantitative estimate of drug-likeness (QED) is 0.676. The molecule has 0 atom stereocenters. The molecule has 76 valence electrons. The fourth-order valence-electron chi connectivity index (χ4n) is 1.07. The smallest absolute Gasteiger partial charge is 0.315 e. The zero-order valence-corrected chi connectivity index (χ0v) is 9.03. The van der Waals surface area contributed by atoms with E-state index in [1.807, 2.05) is 20.8 Å². The van der Waals surface area contributed by atoms with E-state index < -0.39 is 0 Å². The number of amides is 2. The van der Waals surface area contributed by atoms with Crippen molar-refractivity contribution in [3.8, 4) is 0 Å². The van der Waals surface area contributed by atoms with Crippen LogP contribution in [0, 0.1) is 5.41 Å². The lowest BCUT2D eigenvalue weighted by Crippen LogP contribution is -2.47. The molecule has 0 aromatic carbocycles. The molecule has 0 radical (unpaired) electrons. The van der Waals surface area contributed by atoms with Crippen LogP contribution >= 0.6 is 0 Å². The first-order chi connectivity index (χ1) is 5.81. The standard InChI is InChI=1S/C10H20N2O/c1-9(2,3)12-8(13)11-7-10(4)5-6-10/h5-7H2,1-4H3,(H2,11,12,13). The van der Waals surface area contributed by atoms with Gasteiger partial charge in [0.05, 0.1) is 0 Å². The summed E-state index contributed by atoms with van der Waals surface area (Å²) in [6, 6.07) is -0.0550. The van der Waals surface area contributed by atoms with Gasteiger partial charge in [-0.15, -0.1) is 0 Å². The number of urea groups is 1. The van der Waals surface area contributed by atoms with E-state index in [0.29, 0.717) is 5.41 Å². The molecule has 1 aliphatic rings. The van der Waals surface area contributed by atoms with Gasteiger partial charge in [-0.2, -0.15) is 0 Å². The van der Waals surface area contributed by atoms with Crippen molar-refractivity contribution in [2.24, 2.45) is 5.41 Å². The topological polar surface area (TPSA) is 41.1 Å². The number of hydrogen-bond donors (Lipinski definition) is 2. The fraction of sp³-hybridized carbons (Fsp3) is 0.900. The summed E-state index contributed by atoms with van der Waals surface area (Å²) in [5.74, 6) is 0. The molecule has 1 aliphatic carbocycles. The summed E-state index contributed by atoms with van der Waals surface area (Å²) >= 11 is 0. The third-order valence-electron chi connectivity index (χ3n) is 2.27. The van der Waals surface area contributed by atoms with Crippen LogP contribution in [-0.2, 0) is 0 Å². The van der Waals surface area contributed by atoms with Gasteiger partial charge in [-0.3, -0.25) is 0 Å². The zero-order valence-electron chi connectivity index (χ0n) is 9.03. The predicted molar refractivity (Wildman–Crippen MR) is 53.6 cm³/mol. The highest BCUT2D eigenvalue weighted by atomic mass is 16.2. The van der Waals surface area contributed by atoms with Gasteiger partial charge in [0.1, 0.15) is 0 Å². The molecule has 0 aliphatic heterocycles. The Balaban J connectivity index is 2.18. The van der Waals surface area contributed by atoms with Gasteiger partial charge < -0.3 is 10.6 Å². The van der Waals surface area contributed by atoms with Crippen molar-refractivity contribution in [3.63, 3.8) is 0 Å². The Bertz CT molecular complexity index is 201. The summed E-state index contributed by atoms with van der Waals surface area (Å²) in [5.41, 5.74) is 0.240. The van der Waals surface area contributed by atoms with E-state index in [2.05, 4.69) is 17.6 Å². The molecule has 0 aromatic heterocycles. The van der Waals surface area contributed by atoms with Gasteiger partial charge >= 0.3 is 6.03 Å². The molecule has 2 N–H and O–H groups in total. The maximum absolute atomic E-state index is 11.3. The van der Waals surface area contributed by atoms with Crippen molar-refractivity contribution in [2.75, 3.05) is 6.54 Å². The number of hydrogen-bond acceptors (Lipinski definition) is 1. The van der Waals surface area contributed by atoms with E-state index in [1.165, 1.54) is 12.8 Å². The molecule has 2 amide bonds. The minimum absolute atomic E-state index is 0.0550. The van der Waals surface area contributed by atoms with Crippen molar-refractivity contribution >= 4 is 6.03 Å². The summed E-state index contributed by atoms with van der Waals surface area (Å²) in [7, 11) is 0. The van der Waals surface area contributed by atoms with Crippen LogP contribution in [0.15, 0.2) is 0 Å². The van der Waals surface area contributed by atoms with E-state index in [0.717, 1.165) is 6.54 Å². The Labute approximate surface area is 80.3 Å². The Kier molecular flexibility index (Phi) is 2.55. The minimum atomic E-state index is -0.144. The molecule has 0 saturated heterocycles. The van der Waals surface area contributed by atoms with Crippen LogP contribution in [0.5, 0.6) is 0 Å². The summed E-state index contributed by atoms with van der Waals surface area (Å²) in [6.07, 6.45) is 2.48. The summed E-state index contributed by atoms with van der Waals surface area (Å²) < 4.78 is 0. The third kappa shape index (κ3) is 4.15. The molecule has 0 unspecified atom stereocenters.